The van der Waals surface area contributed by atoms with Gasteiger partial charge in [-0.05, 0) is 50.6 Å². The van der Waals surface area contributed by atoms with Crippen LogP contribution in [0.3, 0.4) is 0 Å². The summed E-state index contributed by atoms with van der Waals surface area (Å²) in [5.41, 5.74) is 4.70. The van der Waals surface area contributed by atoms with Crippen molar-refractivity contribution < 1.29 is 13.9 Å². The summed E-state index contributed by atoms with van der Waals surface area (Å²) in [5, 5.41) is 8.39. The molecule has 0 aliphatic heterocycles. The molecule has 0 fully saturated rings. The number of benzene rings is 1. The fourth-order valence-electron chi connectivity index (χ4n) is 3.20. The molecule has 0 saturated carbocycles. The van der Waals surface area contributed by atoms with E-state index in [4.69, 9.17) is 9.15 Å². The Morgan fingerprint density at radius 3 is 2.69 bits per heavy atom. The molecule has 4 rings (SSSR count). The van der Waals surface area contributed by atoms with E-state index in [1.165, 1.54) is 5.56 Å². The largest absolute Gasteiger partial charge is 0.468 e. The number of fused-ring (bicyclic) bond motifs is 1. The second-order valence-corrected chi connectivity index (χ2v) is 6.95. The van der Waals surface area contributed by atoms with Crippen molar-refractivity contribution in [1.29, 1.82) is 0 Å². The van der Waals surface area contributed by atoms with E-state index in [9.17, 15) is 4.79 Å². The molecule has 1 amide bonds. The Bertz CT molecular complexity index is 1150. The smallest absolute Gasteiger partial charge is 0.258 e. The highest BCUT2D eigenvalue weighted by atomic mass is 16.5. The lowest BCUT2D eigenvalue weighted by Crippen LogP contribution is -2.28. The first-order valence-electron chi connectivity index (χ1n) is 9.37. The molecule has 0 atom stereocenters. The number of carbonyl (C=O) groups is 1. The van der Waals surface area contributed by atoms with Crippen molar-refractivity contribution in [3.05, 3.63) is 71.3 Å². The van der Waals surface area contributed by atoms with Gasteiger partial charge in [0.1, 0.15) is 5.76 Å². The van der Waals surface area contributed by atoms with Crippen LogP contribution >= 0.6 is 0 Å². The number of ether oxygens (including phenoxy) is 1. The number of nitrogens with zero attached hydrogens (tertiary/aromatic N) is 3. The number of carbonyl (C=O) groups excluding carboxylic acids is 1. The van der Waals surface area contributed by atoms with Crippen molar-refractivity contribution in [1.82, 2.24) is 20.1 Å². The minimum Gasteiger partial charge on any atom is -0.468 e. The molecule has 3 heterocycles. The van der Waals surface area contributed by atoms with Gasteiger partial charge >= 0.3 is 0 Å². The Balaban J connectivity index is 1.55. The summed E-state index contributed by atoms with van der Waals surface area (Å²) in [6, 6.07) is 13.5. The average molecular weight is 390 g/mol. The van der Waals surface area contributed by atoms with Crippen LogP contribution in [0.15, 0.2) is 53.1 Å². The Kier molecular flexibility index (Phi) is 5.03. The van der Waals surface area contributed by atoms with Crippen LogP contribution in [0.1, 0.15) is 22.6 Å². The maximum absolute atomic E-state index is 12.1. The molecule has 148 valence electrons. The molecule has 7 heteroatoms. The summed E-state index contributed by atoms with van der Waals surface area (Å²) < 4.78 is 12.7. The van der Waals surface area contributed by atoms with E-state index in [2.05, 4.69) is 15.4 Å². The summed E-state index contributed by atoms with van der Waals surface area (Å²) in [5.74, 6) is 0.826. The Labute approximate surface area is 168 Å². The number of amides is 1. The van der Waals surface area contributed by atoms with Gasteiger partial charge in [-0.15, -0.1) is 0 Å². The first kappa shape index (κ1) is 18.7. The first-order valence-corrected chi connectivity index (χ1v) is 9.37. The van der Waals surface area contributed by atoms with E-state index in [1.54, 1.807) is 23.1 Å². The zero-order chi connectivity index (χ0) is 20.4. The van der Waals surface area contributed by atoms with Gasteiger partial charge in [0.2, 0.25) is 5.88 Å². The third-order valence-electron chi connectivity index (χ3n) is 4.66. The van der Waals surface area contributed by atoms with Crippen molar-refractivity contribution in [3.8, 4) is 11.6 Å². The molecule has 0 unspecified atom stereocenters. The standard InChI is InChI=1S/C22H22N4O3/c1-14-6-8-17(9-7-14)26-22-21(16(3)25-26)15(2)11-20(24-22)29-13-19(27)23-12-18-5-4-10-28-18/h4-11H,12-13H2,1-3H3,(H,23,27). The van der Waals surface area contributed by atoms with E-state index in [-0.39, 0.29) is 12.5 Å². The van der Waals surface area contributed by atoms with Gasteiger partial charge in [-0.2, -0.15) is 10.1 Å². The van der Waals surface area contributed by atoms with Crippen LogP contribution < -0.4 is 10.1 Å². The predicted molar refractivity (Wildman–Crippen MR) is 109 cm³/mol. The van der Waals surface area contributed by atoms with Gasteiger partial charge in [0, 0.05) is 11.5 Å². The SMILES string of the molecule is Cc1ccc(-n2nc(C)c3c(C)cc(OCC(=O)NCc4ccco4)nc32)cc1. The van der Waals surface area contributed by atoms with Crippen LogP contribution in [0, 0.1) is 20.8 Å². The van der Waals surface area contributed by atoms with Crippen LogP contribution in [0.5, 0.6) is 5.88 Å². The Morgan fingerprint density at radius 2 is 1.97 bits per heavy atom. The van der Waals surface area contributed by atoms with Gasteiger partial charge in [-0.1, -0.05) is 17.7 Å². The first-order chi connectivity index (χ1) is 14.0. The highest BCUT2D eigenvalue weighted by Crippen LogP contribution is 2.26. The normalized spacial score (nSPS) is 11.0. The Morgan fingerprint density at radius 1 is 1.17 bits per heavy atom. The minimum absolute atomic E-state index is 0.129. The highest BCUT2D eigenvalue weighted by Gasteiger charge is 2.15. The summed E-state index contributed by atoms with van der Waals surface area (Å²) >= 11 is 0. The molecule has 0 radical (unpaired) electrons. The van der Waals surface area contributed by atoms with E-state index in [0.29, 0.717) is 23.8 Å². The van der Waals surface area contributed by atoms with Crippen molar-refractivity contribution in [2.45, 2.75) is 27.3 Å². The van der Waals surface area contributed by atoms with Gasteiger partial charge in [0.15, 0.2) is 12.3 Å². The van der Waals surface area contributed by atoms with Crippen molar-refractivity contribution >= 4 is 16.9 Å². The van der Waals surface area contributed by atoms with Gasteiger partial charge < -0.3 is 14.5 Å². The maximum atomic E-state index is 12.1. The maximum Gasteiger partial charge on any atom is 0.258 e. The molecule has 29 heavy (non-hydrogen) atoms. The highest BCUT2D eigenvalue weighted by molar-refractivity contribution is 5.84. The van der Waals surface area contributed by atoms with Crippen molar-refractivity contribution in [2.75, 3.05) is 6.61 Å². The van der Waals surface area contributed by atoms with E-state index in [1.807, 2.05) is 51.1 Å². The number of furan rings is 1. The number of rotatable bonds is 6. The second kappa shape index (κ2) is 7.79. The topological polar surface area (TPSA) is 82.2 Å². The van der Waals surface area contributed by atoms with Crippen LogP contribution in [0.25, 0.3) is 16.7 Å². The second-order valence-electron chi connectivity index (χ2n) is 6.95. The summed E-state index contributed by atoms with van der Waals surface area (Å²) in [6.45, 7) is 6.18. The molecule has 3 aromatic heterocycles. The molecular formula is C22H22N4O3. The molecule has 7 nitrogen and oxygen atoms in total. The number of nitrogens with one attached hydrogen (secondary N) is 1. The molecule has 0 aliphatic carbocycles. The van der Waals surface area contributed by atoms with Crippen LogP contribution in [0.2, 0.25) is 0 Å². The zero-order valence-electron chi connectivity index (χ0n) is 16.6. The lowest BCUT2D eigenvalue weighted by molar-refractivity contribution is -0.123. The van der Waals surface area contributed by atoms with Crippen LogP contribution in [-0.4, -0.2) is 27.3 Å². The molecular weight excluding hydrogens is 368 g/mol. The van der Waals surface area contributed by atoms with Crippen molar-refractivity contribution in [3.63, 3.8) is 0 Å². The molecule has 0 saturated heterocycles. The third kappa shape index (κ3) is 3.99. The number of hydrogen-bond donors (Lipinski definition) is 1. The van der Waals surface area contributed by atoms with Gasteiger partial charge in [-0.25, -0.2) is 4.68 Å². The summed E-state index contributed by atoms with van der Waals surface area (Å²) in [7, 11) is 0. The Hall–Kier alpha value is -3.61. The summed E-state index contributed by atoms with van der Waals surface area (Å²) in [6.07, 6.45) is 1.57. The van der Waals surface area contributed by atoms with E-state index < -0.39 is 0 Å². The lowest BCUT2D eigenvalue weighted by atomic mass is 10.1. The predicted octanol–water partition coefficient (Wildman–Crippen LogP) is 3.63. The molecule has 4 aromatic rings. The van der Waals surface area contributed by atoms with Crippen LogP contribution in [0.4, 0.5) is 0 Å². The number of aryl methyl sites for hydroxylation is 3. The minimum atomic E-state index is -0.246. The third-order valence-corrected chi connectivity index (χ3v) is 4.66. The van der Waals surface area contributed by atoms with E-state index in [0.717, 1.165) is 22.3 Å². The summed E-state index contributed by atoms with van der Waals surface area (Å²) in [4.78, 5) is 16.7. The van der Waals surface area contributed by atoms with Gasteiger partial charge in [0.25, 0.3) is 5.91 Å². The fourth-order valence-corrected chi connectivity index (χ4v) is 3.20. The fraction of sp³-hybridized carbons (Fsp3) is 0.227. The molecule has 0 bridgehead atoms. The van der Waals surface area contributed by atoms with Gasteiger partial charge in [0.05, 0.1) is 24.2 Å². The molecule has 1 aromatic carbocycles. The molecule has 0 spiro atoms. The van der Waals surface area contributed by atoms with Crippen LogP contribution in [-0.2, 0) is 11.3 Å². The number of hydrogen-bond acceptors (Lipinski definition) is 5. The number of aromatic nitrogens is 3. The number of pyridine rings is 1. The molecule has 0 aliphatic rings. The van der Waals surface area contributed by atoms with Crippen molar-refractivity contribution in [2.24, 2.45) is 0 Å². The van der Waals surface area contributed by atoms with E-state index >= 15 is 0 Å². The lowest BCUT2D eigenvalue weighted by Gasteiger charge is -2.09. The quantitative estimate of drug-likeness (QED) is 0.544. The molecule has 1 N–H and O–H groups in total. The average Bonchev–Trinajstić information content (AvgIpc) is 3.33. The zero-order valence-corrected chi connectivity index (χ0v) is 16.6. The van der Waals surface area contributed by atoms with Gasteiger partial charge in [-0.3, -0.25) is 4.79 Å². The monoisotopic (exact) mass is 390 g/mol.